The van der Waals surface area contributed by atoms with Crippen LogP contribution in [0.3, 0.4) is 0 Å². The van der Waals surface area contributed by atoms with Gasteiger partial charge in [-0.1, -0.05) is 61.3 Å². The van der Waals surface area contributed by atoms with Crippen LogP contribution in [0.5, 0.6) is 0 Å². The lowest BCUT2D eigenvalue weighted by Gasteiger charge is -2.13. The predicted octanol–water partition coefficient (Wildman–Crippen LogP) is 5.86. The molecule has 0 atom stereocenters. The van der Waals surface area contributed by atoms with Gasteiger partial charge in [-0.05, 0) is 54.4 Å². The number of aromatic nitrogens is 3. The lowest BCUT2D eigenvalue weighted by atomic mass is 10.1. The highest BCUT2D eigenvalue weighted by molar-refractivity contribution is 7.98. The van der Waals surface area contributed by atoms with Gasteiger partial charge in [0.15, 0.2) is 5.16 Å². The van der Waals surface area contributed by atoms with E-state index in [-0.39, 0.29) is 11.5 Å². The number of amides is 1. The predicted molar refractivity (Wildman–Crippen MR) is 142 cm³/mol. The normalized spacial score (nSPS) is 11.0. The van der Waals surface area contributed by atoms with Gasteiger partial charge in [0.25, 0.3) is 11.5 Å². The summed E-state index contributed by atoms with van der Waals surface area (Å²) in [4.78, 5) is 35.3. The molecule has 0 fully saturated rings. The Morgan fingerprint density at radius 2 is 1.97 bits per heavy atom. The topological polar surface area (TPSA) is 76.9 Å². The second-order valence-electron chi connectivity index (χ2n) is 8.21. The number of fused-ring (bicyclic) bond motifs is 1. The van der Waals surface area contributed by atoms with Crippen molar-refractivity contribution >= 4 is 40.2 Å². The summed E-state index contributed by atoms with van der Waals surface area (Å²) >= 11 is 7.52. The van der Waals surface area contributed by atoms with Gasteiger partial charge in [-0.15, -0.1) is 0 Å². The summed E-state index contributed by atoms with van der Waals surface area (Å²) in [6, 6.07) is 18.2. The number of hydrogen-bond donors (Lipinski definition) is 1. The Balaban J connectivity index is 1.60. The van der Waals surface area contributed by atoms with Crippen LogP contribution in [0.1, 0.15) is 47.8 Å². The molecule has 0 spiro atoms. The summed E-state index contributed by atoms with van der Waals surface area (Å²) in [6.07, 6.45) is 4.78. The van der Waals surface area contributed by atoms with Gasteiger partial charge in [0, 0.05) is 35.6 Å². The van der Waals surface area contributed by atoms with E-state index in [1.165, 1.54) is 11.8 Å². The third kappa shape index (κ3) is 6.50. The first-order valence-electron chi connectivity index (χ1n) is 11.6. The van der Waals surface area contributed by atoms with Crippen LogP contribution >= 0.6 is 23.4 Å². The fourth-order valence-corrected chi connectivity index (χ4v) is 4.88. The van der Waals surface area contributed by atoms with Crippen LogP contribution < -0.4 is 10.9 Å². The monoisotopic (exact) mass is 506 g/mol. The van der Waals surface area contributed by atoms with E-state index in [9.17, 15) is 9.59 Å². The molecule has 2 heterocycles. The maximum atomic E-state index is 13.4. The van der Waals surface area contributed by atoms with E-state index in [1.807, 2.05) is 36.4 Å². The quantitative estimate of drug-likeness (QED) is 0.166. The number of halogens is 1. The molecule has 0 aliphatic rings. The molecule has 180 valence electrons. The molecule has 2 aromatic carbocycles. The fraction of sp³-hybridized carbons (Fsp3) is 0.259. The van der Waals surface area contributed by atoms with Crippen molar-refractivity contribution in [3.63, 3.8) is 0 Å². The maximum absolute atomic E-state index is 13.4. The standard InChI is InChI=1S/C27H27ClN4O2S/c1-2-3-6-14-32-26(34)23-12-11-20(25(33)30-17-19-8-7-9-21(28)15-19)16-24(23)31-27(32)35-18-22-10-4-5-13-29-22/h4-5,7-13,15-16H,2-3,6,14,17-18H2,1H3,(H,30,33). The van der Waals surface area contributed by atoms with Gasteiger partial charge in [-0.25, -0.2) is 4.98 Å². The summed E-state index contributed by atoms with van der Waals surface area (Å²) in [6.45, 7) is 3.11. The van der Waals surface area contributed by atoms with Crippen molar-refractivity contribution in [2.45, 2.75) is 50.2 Å². The summed E-state index contributed by atoms with van der Waals surface area (Å²) in [7, 11) is 0. The van der Waals surface area contributed by atoms with Crippen LogP contribution in [-0.2, 0) is 18.8 Å². The van der Waals surface area contributed by atoms with E-state index in [4.69, 9.17) is 16.6 Å². The average Bonchev–Trinajstić information content (AvgIpc) is 2.88. The molecule has 6 nitrogen and oxygen atoms in total. The number of carbonyl (C=O) groups excluding carboxylic acids is 1. The van der Waals surface area contributed by atoms with Gasteiger partial charge in [0.05, 0.1) is 16.6 Å². The lowest BCUT2D eigenvalue weighted by Crippen LogP contribution is -2.25. The van der Waals surface area contributed by atoms with Crippen molar-refractivity contribution < 1.29 is 4.79 Å². The van der Waals surface area contributed by atoms with Crippen LogP contribution in [0, 0.1) is 0 Å². The first-order chi connectivity index (χ1) is 17.0. The third-order valence-corrected chi connectivity index (χ3v) is 6.83. The Morgan fingerprint density at radius 1 is 1.09 bits per heavy atom. The van der Waals surface area contributed by atoms with Crippen molar-refractivity contribution in [1.82, 2.24) is 19.9 Å². The minimum absolute atomic E-state index is 0.0829. The van der Waals surface area contributed by atoms with E-state index in [2.05, 4.69) is 17.2 Å². The summed E-state index contributed by atoms with van der Waals surface area (Å²) in [5, 5.41) is 4.68. The smallest absolute Gasteiger partial charge is 0.262 e. The van der Waals surface area contributed by atoms with Crippen molar-refractivity contribution in [3.05, 3.63) is 99.1 Å². The fourth-order valence-electron chi connectivity index (χ4n) is 3.72. The SMILES string of the molecule is CCCCCn1c(SCc2ccccn2)nc2cc(C(=O)NCc3cccc(Cl)c3)ccc2c1=O. The summed E-state index contributed by atoms with van der Waals surface area (Å²) in [5.41, 5.74) is 2.71. The van der Waals surface area contributed by atoms with Gasteiger partial charge >= 0.3 is 0 Å². The first-order valence-corrected chi connectivity index (χ1v) is 13.0. The van der Waals surface area contributed by atoms with E-state index in [0.717, 1.165) is 30.5 Å². The van der Waals surface area contributed by atoms with Crippen molar-refractivity contribution in [3.8, 4) is 0 Å². The molecule has 2 aromatic heterocycles. The zero-order chi connectivity index (χ0) is 24.6. The largest absolute Gasteiger partial charge is 0.348 e. The molecule has 8 heteroatoms. The van der Waals surface area contributed by atoms with Gasteiger partial charge in [-0.3, -0.25) is 19.1 Å². The van der Waals surface area contributed by atoms with E-state index >= 15 is 0 Å². The van der Waals surface area contributed by atoms with Crippen LogP contribution in [0.2, 0.25) is 5.02 Å². The van der Waals surface area contributed by atoms with E-state index in [0.29, 0.717) is 45.5 Å². The van der Waals surface area contributed by atoms with E-state index < -0.39 is 0 Å². The Morgan fingerprint density at radius 3 is 2.74 bits per heavy atom. The molecule has 1 N–H and O–H groups in total. The minimum Gasteiger partial charge on any atom is -0.348 e. The van der Waals surface area contributed by atoms with Gasteiger partial charge < -0.3 is 5.32 Å². The number of rotatable bonds is 10. The molecule has 0 aliphatic heterocycles. The molecule has 0 saturated heterocycles. The molecule has 0 saturated carbocycles. The molecule has 35 heavy (non-hydrogen) atoms. The lowest BCUT2D eigenvalue weighted by molar-refractivity contribution is 0.0951. The van der Waals surface area contributed by atoms with Crippen LogP contribution in [-0.4, -0.2) is 20.4 Å². The second kappa shape index (κ2) is 12.0. The molecule has 0 aliphatic carbocycles. The number of benzene rings is 2. The number of carbonyl (C=O) groups is 1. The van der Waals surface area contributed by atoms with E-state index in [1.54, 1.807) is 35.0 Å². The summed E-state index contributed by atoms with van der Waals surface area (Å²) < 4.78 is 1.75. The Kier molecular flexibility index (Phi) is 8.55. The van der Waals surface area contributed by atoms with Gasteiger partial charge in [0.2, 0.25) is 0 Å². The van der Waals surface area contributed by atoms with Crippen molar-refractivity contribution in [1.29, 1.82) is 0 Å². The Bertz CT molecular complexity index is 1370. The maximum Gasteiger partial charge on any atom is 0.262 e. The minimum atomic E-state index is -0.233. The molecule has 0 bridgehead atoms. The van der Waals surface area contributed by atoms with Crippen LogP contribution in [0.4, 0.5) is 0 Å². The highest BCUT2D eigenvalue weighted by atomic mass is 35.5. The number of unbranched alkanes of at least 4 members (excludes halogenated alkanes) is 2. The molecule has 0 radical (unpaired) electrons. The Labute approximate surface area is 213 Å². The third-order valence-electron chi connectivity index (χ3n) is 5.59. The number of nitrogens with one attached hydrogen (secondary N) is 1. The van der Waals surface area contributed by atoms with Crippen LogP contribution in [0.15, 0.2) is 76.8 Å². The number of nitrogens with zero attached hydrogens (tertiary/aromatic N) is 3. The number of thioether (sulfide) groups is 1. The summed E-state index contributed by atoms with van der Waals surface area (Å²) in [5.74, 6) is 0.371. The number of hydrogen-bond acceptors (Lipinski definition) is 5. The molecular formula is C27H27ClN4O2S. The first kappa shape index (κ1) is 24.9. The van der Waals surface area contributed by atoms with Crippen molar-refractivity contribution in [2.24, 2.45) is 0 Å². The van der Waals surface area contributed by atoms with Crippen molar-refractivity contribution in [2.75, 3.05) is 0 Å². The average molecular weight is 507 g/mol. The zero-order valence-corrected chi connectivity index (χ0v) is 21.1. The molecule has 0 unspecified atom stereocenters. The highest BCUT2D eigenvalue weighted by Crippen LogP contribution is 2.22. The molecule has 1 amide bonds. The van der Waals surface area contributed by atoms with Crippen LogP contribution in [0.25, 0.3) is 10.9 Å². The zero-order valence-electron chi connectivity index (χ0n) is 19.5. The Hall–Kier alpha value is -3.16. The van der Waals surface area contributed by atoms with Gasteiger partial charge in [-0.2, -0.15) is 0 Å². The number of pyridine rings is 1. The molecule has 4 rings (SSSR count). The highest BCUT2D eigenvalue weighted by Gasteiger charge is 2.14. The molecule has 4 aromatic rings. The second-order valence-corrected chi connectivity index (χ2v) is 9.59. The van der Waals surface area contributed by atoms with Gasteiger partial charge in [0.1, 0.15) is 0 Å². The molecular weight excluding hydrogens is 480 g/mol.